The number of nitrogens with zero attached hydrogens (tertiary/aromatic N) is 2. The van der Waals surface area contributed by atoms with Gasteiger partial charge in [0.25, 0.3) is 5.91 Å². The van der Waals surface area contributed by atoms with E-state index in [0.29, 0.717) is 30.2 Å². The summed E-state index contributed by atoms with van der Waals surface area (Å²) in [6, 6.07) is 2.81. The summed E-state index contributed by atoms with van der Waals surface area (Å²) in [6.45, 7) is 14.0. The lowest BCUT2D eigenvalue weighted by Gasteiger charge is -2.32. The minimum Gasteiger partial charge on any atom is -0.357 e. The fraction of sp³-hybridized carbons (Fsp3) is 0.607. The highest BCUT2D eigenvalue weighted by Crippen LogP contribution is 2.26. The Hall–Kier alpha value is -2.61. The molecule has 2 amide bonds. The topological polar surface area (TPSA) is 73.8 Å². The normalized spacial score (nSPS) is 20.2. The molecule has 1 aliphatic heterocycles. The van der Waals surface area contributed by atoms with E-state index in [1.807, 2.05) is 20.8 Å². The molecule has 1 aromatic carbocycles. The highest BCUT2D eigenvalue weighted by Gasteiger charge is 2.33. The summed E-state index contributed by atoms with van der Waals surface area (Å²) >= 11 is 0. The predicted molar refractivity (Wildman–Crippen MR) is 145 cm³/mol. The van der Waals surface area contributed by atoms with Gasteiger partial charge in [0.2, 0.25) is 5.91 Å². The molecule has 2 N–H and O–H groups in total. The molecule has 0 aromatic heterocycles. The van der Waals surface area contributed by atoms with Crippen molar-refractivity contribution >= 4 is 17.5 Å². The quantitative estimate of drug-likeness (QED) is 0.386. The summed E-state index contributed by atoms with van der Waals surface area (Å²) in [5.74, 6) is -2.04. The second kappa shape index (κ2) is 13.1. The number of hydrogen-bond acceptors (Lipinski definition) is 4. The molecular formula is C28H46F2N4O2. The molecule has 1 fully saturated rings. The standard InChI is InChI=1S/C28H42F2N4O2.2H2/c1-8-19-11-10-12-21(17-34(9-2)16-19)24(26(35)33-25(27(36)31-7)28(4,5)6)32-18(3)20-13-14-22(29)23(30)15-20;;/h13-15,19,25H,8-12,16-17H2,1-7H3,(H,31,36)(H,33,35);2*1H/b24-21+,32-18?;;/t19?,25-;;/m1../s1. The van der Waals surface area contributed by atoms with Crippen molar-refractivity contribution in [2.45, 2.75) is 73.3 Å². The van der Waals surface area contributed by atoms with Crippen molar-refractivity contribution < 1.29 is 21.2 Å². The van der Waals surface area contributed by atoms with Gasteiger partial charge in [-0.25, -0.2) is 13.8 Å². The Morgan fingerprint density at radius 2 is 1.92 bits per heavy atom. The summed E-state index contributed by atoms with van der Waals surface area (Å²) in [5.41, 5.74) is 1.38. The highest BCUT2D eigenvalue weighted by atomic mass is 19.2. The first-order valence-electron chi connectivity index (χ1n) is 12.9. The zero-order valence-corrected chi connectivity index (χ0v) is 22.8. The lowest BCUT2D eigenvalue weighted by Crippen LogP contribution is -2.53. The van der Waals surface area contributed by atoms with Crippen molar-refractivity contribution in [2.24, 2.45) is 16.3 Å². The van der Waals surface area contributed by atoms with Crippen LogP contribution in [0.25, 0.3) is 0 Å². The van der Waals surface area contributed by atoms with Gasteiger partial charge in [0.1, 0.15) is 11.7 Å². The highest BCUT2D eigenvalue weighted by molar-refractivity contribution is 6.04. The molecule has 0 spiro atoms. The third-order valence-electron chi connectivity index (χ3n) is 6.86. The lowest BCUT2D eigenvalue weighted by molar-refractivity contribution is -0.129. The van der Waals surface area contributed by atoms with Crippen LogP contribution in [-0.4, -0.2) is 55.1 Å². The Bertz CT molecular complexity index is 1010. The van der Waals surface area contributed by atoms with Crippen LogP contribution in [0, 0.1) is 23.0 Å². The number of nitrogens with one attached hydrogen (secondary N) is 2. The Balaban J connectivity index is 0.00000684. The van der Waals surface area contributed by atoms with Gasteiger partial charge in [-0.1, -0.05) is 47.1 Å². The minimum absolute atomic E-state index is 0. The maximum atomic E-state index is 13.9. The molecule has 1 unspecified atom stereocenters. The van der Waals surface area contributed by atoms with E-state index in [1.54, 1.807) is 6.92 Å². The number of benzene rings is 1. The van der Waals surface area contributed by atoms with Gasteiger partial charge >= 0.3 is 0 Å². The molecule has 1 aromatic rings. The van der Waals surface area contributed by atoms with Gasteiger partial charge in [-0.05, 0) is 67.3 Å². The molecule has 1 aliphatic rings. The van der Waals surface area contributed by atoms with Crippen LogP contribution in [0.4, 0.5) is 8.78 Å². The van der Waals surface area contributed by atoms with E-state index in [1.165, 1.54) is 13.1 Å². The largest absolute Gasteiger partial charge is 0.357 e. The maximum absolute atomic E-state index is 13.9. The van der Waals surface area contributed by atoms with Crippen LogP contribution in [-0.2, 0) is 9.59 Å². The lowest BCUT2D eigenvalue weighted by atomic mass is 9.86. The SMILES string of the molecule is CCC1CCC/C(=C(\N=C(C)c2ccc(F)c(F)c2)C(=O)N[C@H](C(=O)NC)C(C)(C)C)CN(CC)C1.[HH].[HH]. The number of halogens is 2. The Labute approximate surface area is 217 Å². The zero-order valence-electron chi connectivity index (χ0n) is 22.8. The second-order valence-corrected chi connectivity index (χ2v) is 10.7. The first-order valence-corrected chi connectivity index (χ1v) is 12.9. The molecule has 204 valence electrons. The molecule has 0 radical (unpaired) electrons. The van der Waals surface area contributed by atoms with Crippen molar-refractivity contribution in [3.05, 3.63) is 46.7 Å². The van der Waals surface area contributed by atoms with Gasteiger partial charge in [-0.2, -0.15) is 0 Å². The van der Waals surface area contributed by atoms with Gasteiger partial charge in [0, 0.05) is 28.7 Å². The molecular weight excluding hydrogens is 462 g/mol. The van der Waals surface area contributed by atoms with Crippen LogP contribution in [0.3, 0.4) is 0 Å². The Morgan fingerprint density at radius 3 is 2.47 bits per heavy atom. The van der Waals surface area contributed by atoms with Crippen LogP contribution in [0.1, 0.15) is 75.6 Å². The van der Waals surface area contributed by atoms with E-state index in [2.05, 4.69) is 34.4 Å². The number of rotatable bonds is 7. The summed E-state index contributed by atoms with van der Waals surface area (Å²) in [7, 11) is 1.54. The van der Waals surface area contributed by atoms with Gasteiger partial charge in [-0.3, -0.25) is 14.5 Å². The number of hydrogen-bond donors (Lipinski definition) is 2. The van der Waals surface area contributed by atoms with Crippen molar-refractivity contribution in [3.63, 3.8) is 0 Å². The third kappa shape index (κ3) is 7.95. The molecule has 6 nitrogen and oxygen atoms in total. The molecule has 1 heterocycles. The van der Waals surface area contributed by atoms with Gasteiger partial charge in [0.05, 0.1) is 0 Å². The van der Waals surface area contributed by atoms with E-state index in [4.69, 9.17) is 0 Å². The van der Waals surface area contributed by atoms with Gasteiger partial charge in [0.15, 0.2) is 11.6 Å². The van der Waals surface area contributed by atoms with Crippen LogP contribution in [0.2, 0.25) is 0 Å². The molecule has 2 rings (SSSR count). The average Bonchev–Trinajstić information content (AvgIpc) is 2.81. The second-order valence-electron chi connectivity index (χ2n) is 10.7. The number of carbonyl (C=O) groups is 2. The van der Waals surface area contributed by atoms with E-state index < -0.39 is 29.0 Å². The molecule has 2 atom stereocenters. The molecule has 8 heteroatoms. The molecule has 0 saturated carbocycles. The van der Waals surface area contributed by atoms with E-state index in [9.17, 15) is 18.4 Å². The number of amides is 2. The minimum atomic E-state index is -0.971. The van der Waals surface area contributed by atoms with Crippen molar-refractivity contribution in [1.29, 1.82) is 0 Å². The van der Waals surface area contributed by atoms with Crippen LogP contribution in [0.5, 0.6) is 0 Å². The van der Waals surface area contributed by atoms with Crippen molar-refractivity contribution in [2.75, 3.05) is 26.7 Å². The van der Waals surface area contributed by atoms with Crippen LogP contribution < -0.4 is 10.6 Å². The number of likely N-dealkylation sites (tertiary alicyclic amines) is 1. The van der Waals surface area contributed by atoms with Gasteiger partial charge in [-0.15, -0.1) is 0 Å². The smallest absolute Gasteiger partial charge is 0.270 e. The average molecular weight is 509 g/mol. The summed E-state index contributed by atoms with van der Waals surface area (Å²) in [6.07, 6.45) is 3.79. The number of carbonyl (C=O) groups excluding carboxylic acids is 2. The Morgan fingerprint density at radius 1 is 1.22 bits per heavy atom. The molecule has 1 saturated heterocycles. The predicted octanol–water partition coefficient (Wildman–Crippen LogP) is 5.33. The monoisotopic (exact) mass is 508 g/mol. The number of likely N-dealkylation sites (N-methyl/N-ethyl adjacent to an activating group) is 2. The van der Waals surface area contributed by atoms with Crippen LogP contribution >= 0.6 is 0 Å². The number of aliphatic imine (C=N–C) groups is 1. The Kier molecular flexibility index (Phi) is 10.8. The van der Waals surface area contributed by atoms with Gasteiger partial charge < -0.3 is 10.6 Å². The van der Waals surface area contributed by atoms with E-state index >= 15 is 0 Å². The van der Waals surface area contributed by atoms with E-state index in [0.717, 1.165) is 50.1 Å². The fourth-order valence-electron chi connectivity index (χ4n) is 4.50. The fourth-order valence-corrected chi connectivity index (χ4v) is 4.50. The maximum Gasteiger partial charge on any atom is 0.270 e. The van der Waals surface area contributed by atoms with Crippen molar-refractivity contribution in [3.8, 4) is 0 Å². The third-order valence-corrected chi connectivity index (χ3v) is 6.86. The van der Waals surface area contributed by atoms with Crippen molar-refractivity contribution in [1.82, 2.24) is 15.5 Å². The zero-order chi connectivity index (χ0) is 27.0. The first kappa shape index (κ1) is 29.6. The summed E-state index contributed by atoms with van der Waals surface area (Å²) in [4.78, 5) is 33.3. The first-order chi connectivity index (χ1) is 16.9. The van der Waals surface area contributed by atoms with Crippen LogP contribution in [0.15, 0.2) is 34.5 Å². The molecule has 36 heavy (non-hydrogen) atoms. The summed E-state index contributed by atoms with van der Waals surface area (Å²) < 4.78 is 27.4. The molecule has 0 aliphatic carbocycles. The summed E-state index contributed by atoms with van der Waals surface area (Å²) in [5, 5.41) is 5.53. The molecule has 0 bridgehead atoms. The van der Waals surface area contributed by atoms with E-state index in [-0.39, 0.29) is 14.5 Å².